The average Bonchev–Trinajstić information content (AvgIpc) is 2.62. The third-order valence-electron chi connectivity index (χ3n) is 3.64. The highest BCUT2D eigenvalue weighted by atomic mass is 35.5. The van der Waals surface area contributed by atoms with Crippen molar-refractivity contribution in [3.05, 3.63) is 58.7 Å². The zero-order valence-corrected chi connectivity index (χ0v) is 13.3. The average molecular weight is 333 g/mol. The topological polar surface area (TPSA) is 51.7 Å². The van der Waals surface area contributed by atoms with Crippen molar-refractivity contribution in [3.63, 3.8) is 0 Å². The molecule has 1 aromatic carbocycles. The third kappa shape index (κ3) is 4.00. The van der Waals surface area contributed by atoms with Crippen LogP contribution in [0.5, 0.6) is 0 Å². The molecule has 0 bridgehead atoms. The molecule has 1 aromatic heterocycles. The van der Waals surface area contributed by atoms with E-state index in [2.05, 4.69) is 9.88 Å². The first kappa shape index (κ1) is 15.8. The van der Waals surface area contributed by atoms with E-state index in [1.165, 1.54) is 0 Å². The SMILES string of the molecule is O=C(OCc1ccccc1Cl)c1ccc(N2CCOCC2)nc1. The van der Waals surface area contributed by atoms with Gasteiger partial charge in [0.25, 0.3) is 0 Å². The second-order valence-electron chi connectivity index (χ2n) is 5.17. The van der Waals surface area contributed by atoms with Crippen LogP contribution in [0.2, 0.25) is 5.02 Å². The second-order valence-corrected chi connectivity index (χ2v) is 5.58. The van der Waals surface area contributed by atoms with E-state index in [4.69, 9.17) is 21.1 Å². The summed E-state index contributed by atoms with van der Waals surface area (Å²) in [7, 11) is 0. The highest BCUT2D eigenvalue weighted by Crippen LogP contribution is 2.17. The Morgan fingerprint density at radius 1 is 1.22 bits per heavy atom. The number of ether oxygens (including phenoxy) is 2. The molecule has 1 aliphatic rings. The Balaban J connectivity index is 1.60. The number of carbonyl (C=O) groups is 1. The Kier molecular flexibility index (Phi) is 5.10. The number of hydrogen-bond acceptors (Lipinski definition) is 5. The van der Waals surface area contributed by atoms with E-state index in [1.807, 2.05) is 24.3 Å². The van der Waals surface area contributed by atoms with Gasteiger partial charge in [0.1, 0.15) is 12.4 Å². The third-order valence-corrected chi connectivity index (χ3v) is 4.00. The summed E-state index contributed by atoms with van der Waals surface area (Å²) >= 11 is 6.04. The van der Waals surface area contributed by atoms with E-state index in [-0.39, 0.29) is 6.61 Å². The van der Waals surface area contributed by atoms with E-state index >= 15 is 0 Å². The fraction of sp³-hybridized carbons (Fsp3) is 0.294. The van der Waals surface area contributed by atoms with Crippen LogP contribution in [0.15, 0.2) is 42.6 Å². The number of nitrogens with zero attached hydrogens (tertiary/aromatic N) is 2. The molecule has 23 heavy (non-hydrogen) atoms. The number of hydrogen-bond donors (Lipinski definition) is 0. The number of morpholine rings is 1. The van der Waals surface area contributed by atoms with Crippen LogP contribution in [-0.4, -0.2) is 37.3 Å². The van der Waals surface area contributed by atoms with E-state index in [1.54, 1.807) is 18.3 Å². The van der Waals surface area contributed by atoms with Crippen molar-refractivity contribution < 1.29 is 14.3 Å². The molecule has 120 valence electrons. The second kappa shape index (κ2) is 7.44. The summed E-state index contributed by atoms with van der Waals surface area (Å²) in [6.45, 7) is 3.16. The number of halogens is 1. The van der Waals surface area contributed by atoms with Crippen LogP contribution in [-0.2, 0) is 16.1 Å². The van der Waals surface area contributed by atoms with Gasteiger partial charge in [0.15, 0.2) is 0 Å². The summed E-state index contributed by atoms with van der Waals surface area (Å²) in [6.07, 6.45) is 1.54. The Morgan fingerprint density at radius 3 is 2.70 bits per heavy atom. The van der Waals surface area contributed by atoms with Gasteiger partial charge in [-0.3, -0.25) is 0 Å². The molecule has 1 saturated heterocycles. The zero-order valence-electron chi connectivity index (χ0n) is 12.6. The van der Waals surface area contributed by atoms with Crippen LogP contribution in [0.1, 0.15) is 15.9 Å². The fourth-order valence-corrected chi connectivity index (χ4v) is 2.52. The van der Waals surface area contributed by atoms with Crippen molar-refractivity contribution in [2.45, 2.75) is 6.61 Å². The molecule has 2 aromatic rings. The molecule has 0 unspecified atom stereocenters. The quantitative estimate of drug-likeness (QED) is 0.806. The maximum absolute atomic E-state index is 12.1. The highest BCUT2D eigenvalue weighted by Gasteiger charge is 2.14. The molecule has 3 rings (SSSR count). The monoisotopic (exact) mass is 332 g/mol. The Labute approximate surface area is 139 Å². The summed E-state index contributed by atoms with van der Waals surface area (Å²) in [4.78, 5) is 18.5. The van der Waals surface area contributed by atoms with Gasteiger partial charge in [0, 0.05) is 29.9 Å². The number of benzene rings is 1. The maximum atomic E-state index is 12.1. The first-order valence-electron chi connectivity index (χ1n) is 7.43. The molecule has 0 amide bonds. The number of carbonyl (C=O) groups excluding carboxylic acids is 1. The van der Waals surface area contributed by atoms with Crippen LogP contribution in [0.4, 0.5) is 5.82 Å². The van der Waals surface area contributed by atoms with Gasteiger partial charge in [-0.15, -0.1) is 0 Å². The number of rotatable bonds is 4. The highest BCUT2D eigenvalue weighted by molar-refractivity contribution is 6.31. The molecule has 0 spiro atoms. The molecule has 2 heterocycles. The maximum Gasteiger partial charge on any atom is 0.340 e. The minimum Gasteiger partial charge on any atom is -0.457 e. The van der Waals surface area contributed by atoms with Gasteiger partial charge in [0.05, 0.1) is 18.8 Å². The lowest BCUT2D eigenvalue weighted by Gasteiger charge is -2.27. The first-order chi connectivity index (χ1) is 11.2. The minimum atomic E-state index is -0.411. The normalized spacial score (nSPS) is 14.6. The number of esters is 1. The minimum absolute atomic E-state index is 0.143. The van der Waals surface area contributed by atoms with E-state index < -0.39 is 5.97 Å². The van der Waals surface area contributed by atoms with E-state index in [0.29, 0.717) is 23.8 Å². The van der Waals surface area contributed by atoms with Gasteiger partial charge in [-0.05, 0) is 18.2 Å². The number of aromatic nitrogens is 1. The Hall–Kier alpha value is -2.11. The molecule has 0 aliphatic carbocycles. The molecule has 1 aliphatic heterocycles. The molecule has 1 fully saturated rings. The molecule has 0 atom stereocenters. The standard InChI is InChI=1S/C17H17ClN2O3/c18-15-4-2-1-3-14(15)12-23-17(21)13-5-6-16(19-11-13)20-7-9-22-10-8-20/h1-6,11H,7-10,12H2. The van der Waals surface area contributed by atoms with Gasteiger partial charge in [0.2, 0.25) is 0 Å². The van der Waals surface area contributed by atoms with Crippen molar-refractivity contribution in [1.29, 1.82) is 0 Å². The summed E-state index contributed by atoms with van der Waals surface area (Å²) in [5.74, 6) is 0.432. The smallest absolute Gasteiger partial charge is 0.340 e. The van der Waals surface area contributed by atoms with E-state index in [9.17, 15) is 4.79 Å². The molecule has 0 saturated carbocycles. The summed E-state index contributed by atoms with van der Waals surface area (Å²) in [5, 5.41) is 0.584. The zero-order chi connectivity index (χ0) is 16.1. The largest absolute Gasteiger partial charge is 0.457 e. The van der Waals surface area contributed by atoms with Crippen LogP contribution >= 0.6 is 11.6 Å². The molecule has 0 radical (unpaired) electrons. The van der Waals surface area contributed by atoms with Gasteiger partial charge >= 0.3 is 5.97 Å². The van der Waals surface area contributed by atoms with Crippen molar-refractivity contribution in [2.75, 3.05) is 31.2 Å². The van der Waals surface area contributed by atoms with Crippen molar-refractivity contribution in [2.24, 2.45) is 0 Å². The summed E-state index contributed by atoms with van der Waals surface area (Å²) < 4.78 is 10.6. The number of pyridine rings is 1. The molecular weight excluding hydrogens is 316 g/mol. The van der Waals surface area contributed by atoms with Crippen LogP contribution in [0.3, 0.4) is 0 Å². The Bertz CT molecular complexity index is 670. The lowest BCUT2D eigenvalue weighted by Crippen LogP contribution is -2.36. The van der Waals surface area contributed by atoms with Gasteiger partial charge in [-0.25, -0.2) is 9.78 Å². The molecule has 0 N–H and O–H groups in total. The van der Waals surface area contributed by atoms with Gasteiger partial charge in [-0.2, -0.15) is 0 Å². The van der Waals surface area contributed by atoms with Crippen LogP contribution in [0, 0.1) is 0 Å². The van der Waals surface area contributed by atoms with Gasteiger partial charge < -0.3 is 14.4 Å². The van der Waals surface area contributed by atoms with Crippen molar-refractivity contribution >= 4 is 23.4 Å². The van der Waals surface area contributed by atoms with Gasteiger partial charge in [-0.1, -0.05) is 29.8 Å². The summed E-state index contributed by atoms with van der Waals surface area (Å²) in [6, 6.07) is 10.8. The predicted octanol–water partition coefficient (Wildman–Crippen LogP) is 2.93. The lowest BCUT2D eigenvalue weighted by molar-refractivity contribution is 0.0472. The predicted molar refractivity (Wildman–Crippen MR) is 87.8 cm³/mol. The van der Waals surface area contributed by atoms with Crippen LogP contribution in [0.25, 0.3) is 0 Å². The fourth-order valence-electron chi connectivity index (χ4n) is 2.33. The van der Waals surface area contributed by atoms with Crippen molar-refractivity contribution in [3.8, 4) is 0 Å². The van der Waals surface area contributed by atoms with Crippen LogP contribution < -0.4 is 4.90 Å². The van der Waals surface area contributed by atoms with Crippen molar-refractivity contribution in [1.82, 2.24) is 4.98 Å². The Morgan fingerprint density at radius 2 is 2.00 bits per heavy atom. The molecule has 5 nitrogen and oxygen atoms in total. The van der Waals surface area contributed by atoms with E-state index in [0.717, 1.165) is 24.5 Å². The number of anilines is 1. The first-order valence-corrected chi connectivity index (χ1v) is 7.81. The molecule has 6 heteroatoms. The molecular formula is C17H17ClN2O3. The summed E-state index contributed by atoms with van der Waals surface area (Å²) in [5.41, 5.74) is 1.20. The lowest BCUT2D eigenvalue weighted by atomic mass is 10.2.